The van der Waals surface area contributed by atoms with E-state index >= 15 is 0 Å². The molecule has 3 nitrogen and oxygen atoms in total. The Morgan fingerprint density at radius 3 is 2.44 bits per heavy atom. The van der Waals surface area contributed by atoms with E-state index < -0.39 is 17.5 Å². The van der Waals surface area contributed by atoms with Crippen LogP contribution in [0.5, 0.6) is 0 Å². The van der Waals surface area contributed by atoms with Crippen LogP contribution in [0, 0.1) is 11.6 Å². The van der Waals surface area contributed by atoms with Gasteiger partial charge in [0.05, 0.1) is 11.9 Å². The standard InChI is InChI=1S/C18H11ClF2N2OS/c19-17-8-6-12(10-22-17)23-18(24)11-5-7-16(14(21)9-11)25-15-4-2-1-3-13(15)20/h1-10H,(H,23,24). The number of anilines is 1. The van der Waals surface area contributed by atoms with Crippen molar-refractivity contribution in [1.82, 2.24) is 4.98 Å². The molecule has 0 bridgehead atoms. The molecule has 0 radical (unpaired) electrons. The van der Waals surface area contributed by atoms with Crippen LogP contribution in [0.1, 0.15) is 10.4 Å². The highest BCUT2D eigenvalue weighted by Crippen LogP contribution is 2.32. The number of nitrogens with zero attached hydrogens (tertiary/aromatic N) is 1. The van der Waals surface area contributed by atoms with E-state index in [2.05, 4.69) is 10.3 Å². The lowest BCUT2D eigenvalue weighted by atomic mass is 10.2. The molecule has 0 saturated carbocycles. The average molecular weight is 377 g/mol. The number of pyridine rings is 1. The molecule has 1 aromatic heterocycles. The first-order valence-electron chi connectivity index (χ1n) is 7.18. The zero-order chi connectivity index (χ0) is 17.8. The minimum Gasteiger partial charge on any atom is -0.321 e. The third kappa shape index (κ3) is 4.35. The highest BCUT2D eigenvalue weighted by Gasteiger charge is 2.12. The summed E-state index contributed by atoms with van der Waals surface area (Å²) in [7, 11) is 0. The average Bonchev–Trinajstić information content (AvgIpc) is 2.60. The quantitative estimate of drug-likeness (QED) is 0.618. The largest absolute Gasteiger partial charge is 0.321 e. The number of aromatic nitrogens is 1. The van der Waals surface area contributed by atoms with Crippen molar-refractivity contribution in [2.24, 2.45) is 0 Å². The summed E-state index contributed by atoms with van der Waals surface area (Å²) in [6.07, 6.45) is 1.40. The highest BCUT2D eigenvalue weighted by molar-refractivity contribution is 7.99. The van der Waals surface area contributed by atoms with E-state index in [4.69, 9.17) is 11.6 Å². The number of nitrogens with one attached hydrogen (secondary N) is 1. The molecule has 1 N–H and O–H groups in total. The van der Waals surface area contributed by atoms with Crippen LogP contribution in [0.15, 0.2) is 70.6 Å². The molecule has 3 aromatic rings. The number of hydrogen-bond donors (Lipinski definition) is 1. The number of halogens is 3. The van der Waals surface area contributed by atoms with Gasteiger partial charge in [-0.15, -0.1) is 0 Å². The molecule has 2 aromatic carbocycles. The molecule has 0 aliphatic heterocycles. The van der Waals surface area contributed by atoms with Gasteiger partial charge in [0.15, 0.2) is 0 Å². The number of rotatable bonds is 4. The summed E-state index contributed by atoms with van der Waals surface area (Å²) < 4.78 is 27.9. The van der Waals surface area contributed by atoms with Crippen molar-refractivity contribution in [2.75, 3.05) is 5.32 Å². The fourth-order valence-electron chi connectivity index (χ4n) is 2.02. The third-order valence-electron chi connectivity index (χ3n) is 3.24. The minimum atomic E-state index is -0.602. The summed E-state index contributed by atoms with van der Waals surface area (Å²) in [5.74, 6) is -1.51. The first-order valence-corrected chi connectivity index (χ1v) is 8.37. The van der Waals surface area contributed by atoms with E-state index in [0.29, 0.717) is 15.7 Å². The van der Waals surface area contributed by atoms with Gasteiger partial charge in [0.2, 0.25) is 0 Å². The molecule has 0 unspecified atom stereocenters. The molecule has 0 saturated heterocycles. The Morgan fingerprint density at radius 2 is 1.76 bits per heavy atom. The number of carbonyl (C=O) groups is 1. The second-order valence-electron chi connectivity index (χ2n) is 5.00. The zero-order valence-electron chi connectivity index (χ0n) is 12.7. The Bertz CT molecular complexity index is 919. The number of carbonyl (C=O) groups excluding carboxylic acids is 1. The van der Waals surface area contributed by atoms with Crippen LogP contribution in [0.2, 0.25) is 5.15 Å². The zero-order valence-corrected chi connectivity index (χ0v) is 14.2. The highest BCUT2D eigenvalue weighted by atomic mass is 35.5. The monoisotopic (exact) mass is 376 g/mol. The molecule has 0 aliphatic carbocycles. The molecule has 0 aliphatic rings. The van der Waals surface area contributed by atoms with Gasteiger partial charge in [0.25, 0.3) is 5.91 Å². The van der Waals surface area contributed by atoms with Gasteiger partial charge in [0.1, 0.15) is 16.8 Å². The van der Waals surface area contributed by atoms with Crippen LogP contribution in [0.4, 0.5) is 14.5 Å². The SMILES string of the molecule is O=C(Nc1ccc(Cl)nc1)c1ccc(Sc2ccccc2F)c(F)c1. The molecule has 1 amide bonds. The van der Waals surface area contributed by atoms with Crippen LogP contribution < -0.4 is 5.32 Å². The second kappa shape index (κ2) is 7.63. The van der Waals surface area contributed by atoms with Gasteiger partial charge in [-0.1, -0.05) is 35.5 Å². The van der Waals surface area contributed by atoms with Gasteiger partial charge >= 0.3 is 0 Å². The van der Waals surface area contributed by atoms with Crippen molar-refractivity contribution in [3.63, 3.8) is 0 Å². The normalized spacial score (nSPS) is 10.5. The summed E-state index contributed by atoms with van der Waals surface area (Å²) in [6, 6.07) is 13.3. The van der Waals surface area contributed by atoms with E-state index in [1.807, 2.05) is 0 Å². The predicted octanol–water partition coefficient (Wildman–Crippen LogP) is 5.42. The second-order valence-corrected chi connectivity index (χ2v) is 6.47. The molecule has 0 spiro atoms. The number of amides is 1. The van der Waals surface area contributed by atoms with Gasteiger partial charge in [-0.25, -0.2) is 13.8 Å². The van der Waals surface area contributed by atoms with Crippen molar-refractivity contribution in [2.45, 2.75) is 9.79 Å². The maximum atomic E-state index is 14.3. The molecule has 1 heterocycles. The smallest absolute Gasteiger partial charge is 0.255 e. The lowest BCUT2D eigenvalue weighted by Gasteiger charge is -2.08. The molecular formula is C18H11ClF2N2OS. The van der Waals surface area contributed by atoms with Crippen molar-refractivity contribution in [3.05, 3.63) is 83.1 Å². The maximum Gasteiger partial charge on any atom is 0.255 e. The van der Waals surface area contributed by atoms with E-state index in [-0.39, 0.29) is 10.5 Å². The Kier molecular flexibility index (Phi) is 5.31. The van der Waals surface area contributed by atoms with Gasteiger partial charge in [-0.05, 0) is 42.5 Å². The van der Waals surface area contributed by atoms with E-state index in [1.54, 1.807) is 24.3 Å². The van der Waals surface area contributed by atoms with Crippen LogP contribution >= 0.6 is 23.4 Å². The molecule has 126 valence electrons. The number of benzene rings is 2. The molecule has 0 atom stereocenters. The van der Waals surface area contributed by atoms with E-state index in [1.165, 1.54) is 30.5 Å². The Labute approximate surface area is 152 Å². The summed E-state index contributed by atoms with van der Waals surface area (Å²) in [5, 5.41) is 2.90. The first kappa shape index (κ1) is 17.4. The van der Waals surface area contributed by atoms with E-state index in [0.717, 1.165) is 17.8 Å². The maximum absolute atomic E-state index is 14.3. The topological polar surface area (TPSA) is 42.0 Å². The minimum absolute atomic E-state index is 0.144. The van der Waals surface area contributed by atoms with Crippen molar-refractivity contribution in [3.8, 4) is 0 Å². The lowest BCUT2D eigenvalue weighted by molar-refractivity contribution is 0.102. The predicted molar refractivity (Wildman–Crippen MR) is 94.1 cm³/mol. The Morgan fingerprint density at radius 1 is 1.00 bits per heavy atom. The summed E-state index contributed by atoms with van der Waals surface area (Å²) in [6.45, 7) is 0. The van der Waals surface area contributed by atoms with Crippen molar-refractivity contribution in [1.29, 1.82) is 0 Å². The molecule has 3 rings (SSSR count). The summed E-state index contributed by atoms with van der Waals surface area (Å²) in [4.78, 5) is 16.6. The molecular weight excluding hydrogens is 366 g/mol. The van der Waals surface area contributed by atoms with Crippen LogP contribution in [-0.2, 0) is 0 Å². The Hall–Kier alpha value is -2.44. The third-order valence-corrected chi connectivity index (χ3v) is 4.56. The van der Waals surface area contributed by atoms with Gasteiger partial charge in [-0.3, -0.25) is 4.79 Å². The summed E-state index contributed by atoms with van der Waals surface area (Å²) >= 11 is 6.64. The Balaban J connectivity index is 1.76. The van der Waals surface area contributed by atoms with Crippen molar-refractivity contribution < 1.29 is 13.6 Å². The van der Waals surface area contributed by atoms with Crippen LogP contribution in [0.25, 0.3) is 0 Å². The van der Waals surface area contributed by atoms with Crippen molar-refractivity contribution >= 4 is 35.0 Å². The van der Waals surface area contributed by atoms with Gasteiger partial charge in [-0.2, -0.15) is 0 Å². The summed E-state index contributed by atoms with van der Waals surface area (Å²) in [5.41, 5.74) is 0.588. The van der Waals surface area contributed by atoms with Gasteiger partial charge < -0.3 is 5.32 Å². The lowest BCUT2D eigenvalue weighted by Crippen LogP contribution is -2.12. The van der Waals surface area contributed by atoms with Crippen LogP contribution in [-0.4, -0.2) is 10.9 Å². The number of hydrogen-bond acceptors (Lipinski definition) is 3. The van der Waals surface area contributed by atoms with Crippen LogP contribution in [0.3, 0.4) is 0 Å². The van der Waals surface area contributed by atoms with Gasteiger partial charge in [0, 0.05) is 15.4 Å². The first-order chi connectivity index (χ1) is 12.0. The molecule has 25 heavy (non-hydrogen) atoms. The molecule has 0 fully saturated rings. The fraction of sp³-hybridized carbons (Fsp3) is 0. The molecule has 7 heteroatoms. The fourth-order valence-corrected chi connectivity index (χ4v) is 2.98. The van der Waals surface area contributed by atoms with E-state index in [9.17, 15) is 13.6 Å².